The van der Waals surface area contributed by atoms with Crippen LogP contribution >= 0.6 is 11.3 Å². The second kappa shape index (κ2) is 9.78. The van der Waals surface area contributed by atoms with Crippen molar-refractivity contribution in [3.63, 3.8) is 0 Å². The maximum atomic E-state index is 2.67. The van der Waals surface area contributed by atoms with Crippen molar-refractivity contribution in [1.82, 2.24) is 0 Å². The van der Waals surface area contributed by atoms with Crippen LogP contribution in [0.2, 0.25) is 0 Å². The third-order valence-corrected chi connectivity index (χ3v) is 13.8. The van der Waals surface area contributed by atoms with Crippen LogP contribution in [0.5, 0.6) is 0 Å². The minimum absolute atomic E-state index is 0.116. The summed E-state index contributed by atoms with van der Waals surface area (Å²) in [5.41, 5.74) is 14.4. The lowest BCUT2D eigenvalue weighted by atomic mass is 9.43. The molecule has 1 spiro atoms. The zero-order valence-corrected chi connectivity index (χ0v) is 27.3. The highest BCUT2D eigenvalue weighted by Gasteiger charge is 2.61. The molecule has 1 aromatic heterocycles. The fourth-order valence-corrected chi connectivity index (χ4v) is 12.2. The van der Waals surface area contributed by atoms with Crippen molar-refractivity contribution in [1.29, 1.82) is 0 Å². The van der Waals surface area contributed by atoms with E-state index in [9.17, 15) is 0 Å². The van der Waals surface area contributed by atoms with Crippen LogP contribution < -0.4 is 0 Å². The van der Waals surface area contributed by atoms with Gasteiger partial charge in [-0.05, 0) is 142 Å². The molecular formula is C46H36S. The summed E-state index contributed by atoms with van der Waals surface area (Å²) in [6, 6.07) is 51.1. The van der Waals surface area contributed by atoms with Crippen molar-refractivity contribution in [2.24, 2.45) is 23.7 Å². The summed E-state index contributed by atoms with van der Waals surface area (Å²) in [6.45, 7) is 0. The van der Waals surface area contributed by atoms with Crippen LogP contribution in [0.1, 0.15) is 43.2 Å². The first-order valence-electron chi connectivity index (χ1n) is 17.6. The fraction of sp³-hybridized carbons (Fsp3) is 0.217. The Hall–Kier alpha value is -4.46. The molecular weight excluding hydrogens is 585 g/mol. The topological polar surface area (TPSA) is 0 Å². The number of benzene rings is 6. The number of hydrogen-bond acceptors (Lipinski definition) is 1. The van der Waals surface area contributed by atoms with Crippen molar-refractivity contribution in [3.05, 3.63) is 145 Å². The molecule has 12 rings (SSSR count). The van der Waals surface area contributed by atoms with Gasteiger partial charge in [0.25, 0.3) is 0 Å². The van der Waals surface area contributed by atoms with Gasteiger partial charge in [0.1, 0.15) is 0 Å². The van der Waals surface area contributed by atoms with Crippen LogP contribution in [-0.4, -0.2) is 0 Å². The second-order valence-corrected chi connectivity index (χ2v) is 16.0. The highest BCUT2D eigenvalue weighted by Crippen LogP contribution is 2.70. The highest BCUT2D eigenvalue weighted by molar-refractivity contribution is 7.25. The summed E-state index contributed by atoms with van der Waals surface area (Å²) in [5.74, 6) is 3.32. The third-order valence-electron chi connectivity index (χ3n) is 12.7. The van der Waals surface area contributed by atoms with Gasteiger partial charge in [-0.3, -0.25) is 0 Å². The van der Waals surface area contributed by atoms with E-state index in [1.165, 1.54) is 96.8 Å². The van der Waals surface area contributed by atoms with E-state index in [1.807, 2.05) is 11.3 Å². The van der Waals surface area contributed by atoms with Crippen molar-refractivity contribution < 1.29 is 0 Å². The van der Waals surface area contributed by atoms with E-state index in [-0.39, 0.29) is 5.41 Å². The molecule has 5 aliphatic rings. The van der Waals surface area contributed by atoms with Crippen LogP contribution in [0.4, 0.5) is 0 Å². The van der Waals surface area contributed by atoms with Gasteiger partial charge < -0.3 is 0 Å². The van der Waals surface area contributed by atoms with Gasteiger partial charge in [0.05, 0.1) is 0 Å². The summed E-state index contributed by atoms with van der Waals surface area (Å²) >= 11 is 1.91. The Balaban J connectivity index is 1.24. The molecule has 226 valence electrons. The smallest absolute Gasteiger partial charge is 0.0355 e. The molecule has 5 aliphatic carbocycles. The average Bonchev–Trinajstić information content (AvgIpc) is 3.64. The molecule has 0 nitrogen and oxygen atoms in total. The van der Waals surface area contributed by atoms with E-state index in [0.29, 0.717) is 0 Å². The quantitative estimate of drug-likeness (QED) is 0.184. The molecule has 4 fully saturated rings. The van der Waals surface area contributed by atoms with Gasteiger partial charge >= 0.3 is 0 Å². The Bertz CT molecular complexity index is 2340. The predicted molar refractivity (Wildman–Crippen MR) is 199 cm³/mol. The minimum atomic E-state index is 0.116. The Morgan fingerprint density at radius 2 is 1.06 bits per heavy atom. The molecule has 7 aromatic rings. The van der Waals surface area contributed by atoms with Crippen molar-refractivity contribution in [2.45, 2.75) is 37.5 Å². The molecule has 0 amide bonds. The zero-order valence-electron chi connectivity index (χ0n) is 26.5. The van der Waals surface area contributed by atoms with Crippen LogP contribution in [0.3, 0.4) is 0 Å². The van der Waals surface area contributed by atoms with E-state index in [1.54, 1.807) is 11.1 Å². The van der Waals surface area contributed by atoms with Crippen LogP contribution in [0.15, 0.2) is 133 Å². The van der Waals surface area contributed by atoms with Gasteiger partial charge in [0, 0.05) is 25.6 Å². The van der Waals surface area contributed by atoms with Crippen LogP contribution in [-0.2, 0) is 5.41 Å². The summed E-state index contributed by atoms with van der Waals surface area (Å²) < 4.78 is 2.74. The fourth-order valence-electron chi connectivity index (χ4n) is 11.2. The minimum Gasteiger partial charge on any atom is -0.135 e. The van der Waals surface area contributed by atoms with E-state index in [4.69, 9.17) is 0 Å². The van der Waals surface area contributed by atoms with Crippen LogP contribution in [0, 0.1) is 23.7 Å². The maximum absolute atomic E-state index is 2.67. The van der Waals surface area contributed by atoms with Gasteiger partial charge in [-0.1, -0.05) is 103 Å². The third kappa shape index (κ3) is 3.64. The van der Waals surface area contributed by atoms with Crippen molar-refractivity contribution in [3.8, 4) is 44.5 Å². The summed E-state index contributed by atoms with van der Waals surface area (Å²) in [5, 5.41) is 2.75. The van der Waals surface area contributed by atoms with Crippen LogP contribution in [0.25, 0.3) is 64.7 Å². The van der Waals surface area contributed by atoms with Crippen molar-refractivity contribution in [2.75, 3.05) is 0 Å². The van der Waals surface area contributed by atoms with E-state index in [0.717, 1.165) is 23.7 Å². The molecule has 47 heavy (non-hydrogen) atoms. The largest absolute Gasteiger partial charge is 0.135 e. The molecule has 0 aliphatic heterocycles. The first kappa shape index (κ1) is 26.6. The van der Waals surface area contributed by atoms with Gasteiger partial charge in [-0.25, -0.2) is 0 Å². The average molecular weight is 621 g/mol. The molecule has 1 heteroatoms. The second-order valence-electron chi connectivity index (χ2n) is 14.9. The Kier molecular flexibility index (Phi) is 5.53. The summed E-state index contributed by atoms with van der Waals surface area (Å²) in [6.07, 6.45) is 7.06. The Labute approximate surface area is 280 Å². The zero-order chi connectivity index (χ0) is 30.7. The van der Waals surface area contributed by atoms with Gasteiger partial charge in [-0.2, -0.15) is 0 Å². The SMILES string of the molecule is c1ccc(-c2ccccc2-c2cc(-c3ccc4sc5ccccc5c4c3)c3c(c2)C2(c4ccccc4-3)C3CC4CC(C3)CC2C4)cc1. The number of rotatable bonds is 3. The lowest BCUT2D eigenvalue weighted by Gasteiger charge is -2.61. The molecule has 0 N–H and O–H groups in total. The van der Waals surface area contributed by atoms with E-state index in [2.05, 4.69) is 133 Å². The lowest BCUT2D eigenvalue weighted by Crippen LogP contribution is -2.55. The van der Waals surface area contributed by atoms with Gasteiger partial charge in [0.2, 0.25) is 0 Å². The van der Waals surface area contributed by atoms with E-state index >= 15 is 0 Å². The van der Waals surface area contributed by atoms with Crippen molar-refractivity contribution >= 4 is 31.5 Å². The first-order chi connectivity index (χ1) is 23.3. The molecule has 0 unspecified atom stereocenters. The van der Waals surface area contributed by atoms with Gasteiger partial charge in [0.15, 0.2) is 0 Å². The summed E-state index contributed by atoms with van der Waals surface area (Å²) in [7, 11) is 0. The van der Waals surface area contributed by atoms with Gasteiger partial charge in [-0.15, -0.1) is 11.3 Å². The standard InChI is InChI=1S/C46H36S/c1-2-10-30(11-3-1)35-12-4-5-13-36(35)32-26-39(31-18-19-44-40(25-31)37-14-7-9-17-43(37)47-44)45-38-15-6-8-16-41(38)46(42(45)27-32)33-21-28-20-29(23-33)24-34(46)22-28/h1-19,25-29,33-34H,20-24H2. The highest BCUT2D eigenvalue weighted by atomic mass is 32.1. The maximum Gasteiger partial charge on any atom is 0.0355 e. The molecule has 4 bridgehead atoms. The molecule has 6 aromatic carbocycles. The molecule has 4 saturated carbocycles. The number of thiophene rings is 1. The monoisotopic (exact) mass is 620 g/mol. The number of hydrogen-bond donors (Lipinski definition) is 0. The molecule has 0 atom stereocenters. The van der Waals surface area contributed by atoms with E-state index < -0.39 is 0 Å². The number of fused-ring (bicyclic) bond motifs is 6. The normalized spacial score (nSPS) is 25.1. The molecule has 0 radical (unpaired) electrons. The Morgan fingerprint density at radius 1 is 0.426 bits per heavy atom. The molecule has 0 saturated heterocycles. The predicted octanol–water partition coefficient (Wildman–Crippen LogP) is 12.8. The summed E-state index contributed by atoms with van der Waals surface area (Å²) in [4.78, 5) is 0. The Morgan fingerprint density at radius 3 is 1.85 bits per heavy atom. The molecule has 1 heterocycles. The first-order valence-corrected chi connectivity index (χ1v) is 18.4. The lowest BCUT2D eigenvalue weighted by molar-refractivity contribution is -0.0399.